The summed E-state index contributed by atoms with van der Waals surface area (Å²) in [6.07, 6.45) is -4.74. The molecule has 3 N–H and O–H groups in total. The fraction of sp³-hybridized carbons (Fsp3) is 0.812. The number of hydrazine groups is 1. The molecule has 0 radical (unpaired) electrons. The molecular weight excluding hydrogens is 387 g/mol. The summed E-state index contributed by atoms with van der Waals surface area (Å²) in [4.78, 5) is 35.4. The molecule has 3 rings (SSSR count). The topological polar surface area (TPSA) is 115 Å². The zero-order valence-corrected chi connectivity index (χ0v) is 15.8. The van der Waals surface area contributed by atoms with Gasteiger partial charge in [-0.1, -0.05) is 0 Å². The lowest BCUT2D eigenvalue weighted by atomic mass is 9.39. The Morgan fingerprint density at radius 3 is 2.11 bits per heavy atom. The van der Waals surface area contributed by atoms with Crippen molar-refractivity contribution < 1.29 is 41.8 Å². The summed E-state index contributed by atoms with van der Waals surface area (Å²) in [5.74, 6) is -0.425. The van der Waals surface area contributed by atoms with Gasteiger partial charge >= 0.3 is 18.4 Å². The molecule has 0 unspecified atom stereocenters. The summed E-state index contributed by atoms with van der Waals surface area (Å²) in [5.41, 5.74) is 2.48. The molecule has 0 heterocycles. The van der Waals surface area contributed by atoms with E-state index in [1.165, 1.54) is 0 Å². The van der Waals surface area contributed by atoms with Crippen LogP contribution in [0.4, 0.5) is 22.8 Å². The van der Waals surface area contributed by atoms with Crippen LogP contribution in [-0.4, -0.2) is 55.2 Å². The summed E-state index contributed by atoms with van der Waals surface area (Å²) < 4.78 is 49.6. The van der Waals surface area contributed by atoms with Crippen LogP contribution in [0.25, 0.3) is 0 Å². The van der Waals surface area contributed by atoms with Gasteiger partial charge in [0.15, 0.2) is 0 Å². The summed E-state index contributed by atoms with van der Waals surface area (Å²) >= 11 is 0. The van der Waals surface area contributed by atoms with Gasteiger partial charge in [-0.3, -0.25) is 10.2 Å². The Kier molecular flexibility index (Phi) is 6.02. The normalized spacial score (nSPS) is 25.6. The van der Waals surface area contributed by atoms with Crippen LogP contribution >= 0.6 is 0 Å². The van der Waals surface area contributed by atoms with Gasteiger partial charge in [0, 0.05) is 5.54 Å². The lowest BCUT2D eigenvalue weighted by molar-refractivity contribution is -0.180. The molecule has 0 atom stereocenters. The van der Waals surface area contributed by atoms with E-state index in [1.54, 1.807) is 20.8 Å². The van der Waals surface area contributed by atoms with Gasteiger partial charge in [-0.25, -0.2) is 15.0 Å². The minimum absolute atomic E-state index is 0.397. The zero-order chi connectivity index (χ0) is 21.2. The Bertz CT molecular complexity index is 612. The first kappa shape index (κ1) is 22.1. The van der Waals surface area contributed by atoms with Gasteiger partial charge in [-0.05, 0) is 40.0 Å². The van der Waals surface area contributed by atoms with Crippen molar-refractivity contribution in [3.63, 3.8) is 0 Å². The van der Waals surface area contributed by atoms with Gasteiger partial charge in [0.1, 0.15) is 18.8 Å². The Hall–Kier alpha value is -2.24. The number of amides is 3. The fourth-order valence-electron chi connectivity index (χ4n) is 3.34. The number of alkyl carbamates (subject to hydrolysis) is 1. The van der Waals surface area contributed by atoms with Crippen molar-refractivity contribution in [2.45, 2.75) is 57.3 Å². The number of carbonyl (C=O) groups is 3. The molecule has 3 saturated carbocycles. The minimum atomic E-state index is -4.45. The van der Waals surface area contributed by atoms with Crippen molar-refractivity contribution in [2.24, 2.45) is 5.41 Å². The molecule has 3 fully saturated rings. The van der Waals surface area contributed by atoms with Crippen LogP contribution in [0.1, 0.15) is 40.0 Å². The predicted octanol–water partition coefficient (Wildman–Crippen LogP) is 1.77. The molecule has 0 aliphatic heterocycles. The first-order chi connectivity index (χ1) is 12.7. The van der Waals surface area contributed by atoms with E-state index < -0.39 is 60.6 Å². The van der Waals surface area contributed by atoms with E-state index in [1.807, 2.05) is 5.43 Å². The van der Waals surface area contributed by atoms with Crippen molar-refractivity contribution in [1.82, 2.24) is 16.2 Å². The number of carbonyl (C=O) groups excluding carboxylic acids is 3. The van der Waals surface area contributed by atoms with Gasteiger partial charge < -0.3 is 19.5 Å². The fourth-order valence-corrected chi connectivity index (χ4v) is 3.34. The van der Waals surface area contributed by atoms with Crippen molar-refractivity contribution in [3.05, 3.63) is 0 Å². The molecule has 3 aliphatic rings. The predicted molar refractivity (Wildman–Crippen MR) is 87.9 cm³/mol. The molecule has 0 aromatic rings. The first-order valence-electron chi connectivity index (χ1n) is 8.63. The number of rotatable bonds is 6. The van der Waals surface area contributed by atoms with Crippen LogP contribution in [-0.2, 0) is 19.0 Å². The second-order valence-electron chi connectivity index (χ2n) is 8.10. The van der Waals surface area contributed by atoms with Crippen molar-refractivity contribution >= 4 is 18.1 Å². The van der Waals surface area contributed by atoms with Gasteiger partial charge in [0.2, 0.25) is 5.91 Å². The third-order valence-electron chi connectivity index (χ3n) is 4.28. The summed E-state index contributed by atoms with van der Waals surface area (Å²) in [6.45, 7) is 2.98. The molecule has 160 valence electrons. The van der Waals surface area contributed by atoms with Crippen LogP contribution in [0.2, 0.25) is 0 Å². The van der Waals surface area contributed by atoms with Crippen LogP contribution < -0.4 is 16.2 Å². The second kappa shape index (κ2) is 7.64. The van der Waals surface area contributed by atoms with E-state index in [2.05, 4.69) is 20.2 Å². The number of alkyl halides is 3. The smallest absolute Gasteiger partial charge is 0.426 e. The molecule has 0 spiro atoms. The monoisotopic (exact) mass is 411 g/mol. The second-order valence-corrected chi connectivity index (χ2v) is 8.10. The largest absolute Gasteiger partial charge is 0.446 e. The SMILES string of the molecule is CC(C)(C)OC(=O)NC12CC(C(=O)NNC(=O)OCCOCC(F)(F)F)(C1)C2. The summed E-state index contributed by atoms with van der Waals surface area (Å²) in [7, 11) is 0. The third kappa shape index (κ3) is 5.88. The lowest BCUT2D eigenvalue weighted by Crippen LogP contribution is -2.79. The highest BCUT2D eigenvalue weighted by atomic mass is 19.4. The standard InChI is InChI=1S/C16H24F3N3O6/c1-13(2,3)28-11(24)20-15-6-14(7-15,8-15)10(23)21-22-12(25)27-5-4-26-9-16(17,18)19/h4-9H2,1-3H3,(H,20,24)(H,21,23)(H,22,25). The Labute approximate surface area is 159 Å². The molecule has 2 bridgehead atoms. The highest BCUT2D eigenvalue weighted by Gasteiger charge is 2.72. The Morgan fingerprint density at radius 2 is 1.57 bits per heavy atom. The molecule has 0 aromatic heterocycles. The quantitative estimate of drug-likeness (QED) is 0.453. The van der Waals surface area contributed by atoms with E-state index in [0.717, 1.165) is 0 Å². The van der Waals surface area contributed by atoms with E-state index in [9.17, 15) is 27.6 Å². The molecule has 3 aliphatic carbocycles. The highest BCUT2D eigenvalue weighted by Crippen LogP contribution is 2.67. The number of nitrogens with one attached hydrogen (secondary N) is 3. The van der Waals surface area contributed by atoms with E-state index >= 15 is 0 Å². The Morgan fingerprint density at radius 1 is 0.964 bits per heavy atom. The van der Waals surface area contributed by atoms with E-state index in [4.69, 9.17) is 4.74 Å². The average molecular weight is 411 g/mol. The van der Waals surface area contributed by atoms with Crippen molar-refractivity contribution in [3.8, 4) is 0 Å². The first-order valence-corrected chi connectivity index (χ1v) is 8.63. The molecule has 12 heteroatoms. The van der Waals surface area contributed by atoms with Crippen molar-refractivity contribution in [1.29, 1.82) is 0 Å². The Balaban J connectivity index is 1.59. The van der Waals surface area contributed by atoms with Crippen LogP contribution in [0.15, 0.2) is 0 Å². The van der Waals surface area contributed by atoms with Crippen molar-refractivity contribution in [2.75, 3.05) is 19.8 Å². The van der Waals surface area contributed by atoms with Crippen LogP contribution in [0.3, 0.4) is 0 Å². The molecule has 0 saturated heterocycles. The third-order valence-corrected chi connectivity index (χ3v) is 4.28. The van der Waals surface area contributed by atoms with Gasteiger partial charge in [0.25, 0.3) is 0 Å². The summed E-state index contributed by atoms with van der Waals surface area (Å²) in [6, 6.07) is 0. The van der Waals surface area contributed by atoms with E-state index in [0.29, 0.717) is 19.3 Å². The average Bonchev–Trinajstić information content (AvgIpc) is 2.43. The molecular formula is C16H24F3N3O6. The minimum Gasteiger partial charge on any atom is -0.446 e. The van der Waals surface area contributed by atoms with Crippen LogP contribution in [0.5, 0.6) is 0 Å². The maximum Gasteiger partial charge on any atom is 0.426 e. The van der Waals surface area contributed by atoms with Gasteiger partial charge in [-0.2, -0.15) is 13.2 Å². The number of hydrogen-bond acceptors (Lipinski definition) is 6. The molecule has 9 nitrogen and oxygen atoms in total. The maximum atomic E-state index is 12.2. The maximum absolute atomic E-state index is 12.2. The van der Waals surface area contributed by atoms with Crippen LogP contribution in [0, 0.1) is 5.41 Å². The number of ether oxygens (including phenoxy) is 3. The number of hydrogen-bond donors (Lipinski definition) is 3. The van der Waals surface area contributed by atoms with E-state index in [-0.39, 0.29) is 0 Å². The molecule has 28 heavy (non-hydrogen) atoms. The summed E-state index contributed by atoms with van der Waals surface area (Å²) in [5, 5.41) is 2.76. The van der Waals surface area contributed by atoms with Gasteiger partial charge in [-0.15, -0.1) is 0 Å². The molecule has 3 amide bonds. The zero-order valence-electron chi connectivity index (χ0n) is 15.8. The highest BCUT2D eigenvalue weighted by molar-refractivity contribution is 5.89. The lowest BCUT2D eigenvalue weighted by Gasteiger charge is -2.68. The molecule has 0 aromatic carbocycles. The number of halogens is 3. The van der Waals surface area contributed by atoms with Gasteiger partial charge in [0.05, 0.1) is 12.0 Å².